The lowest BCUT2D eigenvalue weighted by molar-refractivity contribution is 0.0728. The first-order valence-electron chi connectivity index (χ1n) is 12.0. The maximum absolute atomic E-state index is 15.7. The van der Waals surface area contributed by atoms with Crippen molar-refractivity contribution in [3.05, 3.63) is 51.9 Å². The van der Waals surface area contributed by atoms with E-state index in [1.807, 2.05) is 0 Å². The van der Waals surface area contributed by atoms with E-state index in [9.17, 15) is 9.59 Å². The molecular formula is C26H24ClFN4O4S. The molecule has 192 valence electrons. The normalized spacial score (nSPS) is 17.6. The predicted molar refractivity (Wildman–Crippen MR) is 140 cm³/mol. The quantitative estimate of drug-likeness (QED) is 0.348. The van der Waals surface area contributed by atoms with Crippen LogP contribution < -0.4 is 10.1 Å². The zero-order chi connectivity index (χ0) is 25.8. The number of benzene rings is 1. The van der Waals surface area contributed by atoms with Gasteiger partial charge in [-0.1, -0.05) is 11.6 Å². The van der Waals surface area contributed by atoms with Gasteiger partial charge in [0.2, 0.25) is 0 Å². The number of aromatic nitrogens is 2. The summed E-state index contributed by atoms with van der Waals surface area (Å²) < 4.78 is 29.1. The third-order valence-electron chi connectivity index (χ3n) is 6.88. The van der Waals surface area contributed by atoms with Crippen LogP contribution in [0.3, 0.4) is 0 Å². The van der Waals surface area contributed by atoms with E-state index in [4.69, 9.17) is 21.1 Å². The molecular weight excluding hydrogens is 519 g/mol. The smallest absolute Gasteiger partial charge is 0.326 e. The highest BCUT2D eigenvalue weighted by atomic mass is 35.5. The average Bonchev–Trinajstić information content (AvgIpc) is 3.29. The van der Waals surface area contributed by atoms with E-state index in [0.29, 0.717) is 45.1 Å². The summed E-state index contributed by atoms with van der Waals surface area (Å²) in [6.07, 6.45) is 4.27. The molecule has 0 bridgehead atoms. The fourth-order valence-electron chi connectivity index (χ4n) is 4.69. The zero-order valence-corrected chi connectivity index (χ0v) is 21.8. The van der Waals surface area contributed by atoms with Crippen molar-refractivity contribution in [3.63, 3.8) is 0 Å². The second kappa shape index (κ2) is 9.27. The summed E-state index contributed by atoms with van der Waals surface area (Å²) in [6.45, 7) is 2.86. The van der Waals surface area contributed by atoms with Gasteiger partial charge in [-0.3, -0.25) is 14.3 Å². The van der Waals surface area contributed by atoms with E-state index in [1.54, 1.807) is 43.3 Å². The standard InChI is InChI=1S/C26H24ClFN4O4S/c1-13-22(27)21-17(32(13)26(34)30-14-3-4-14)5-6-18(23(21)28)36-19-7-9-29-16-11-20(37-24(16)19)25(33)31-10-8-15(12-31)35-2/h5-7,9,11,14-15H,3-4,8,10,12H2,1-2H3,(H,30,34). The summed E-state index contributed by atoms with van der Waals surface area (Å²) >= 11 is 7.74. The molecule has 1 atom stereocenters. The predicted octanol–water partition coefficient (Wildman–Crippen LogP) is 5.73. The largest absolute Gasteiger partial charge is 0.453 e. The Morgan fingerprint density at radius 2 is 2.03 bits per heavy atom. The van der Waals surface area contributed by atoms with E-state index in [-0.39, 0.29) is 40.2 Å². The zero-order valence-electron chi connectivity index (χ0n) is 20.2. The van der Waals surface area contributed by atoms with Gasteiger partial charge in [-0.2, -0.15) is 0 Å². The Hall–Kier alpha value is -3.21. The van der Waals surface area contributed by atoms with Gasteiger partial charge in [0.15, 0.2) is 11.6 Å². The third kappa shape index (κ3) is 4.22. The molecule has 2 fully saturated rings. The highest BCUT2D eigenvalue weighted by Gasteiger charge is 2.29. The number of nitrogens with one attached hydrogen (secondary N) is 1. The molecule has 1 saturated carbocycles. The topological polar surface area (TPSA) is 85.7 Å². The van der Waals surface area contributed by atoms with Crippen LogP contribution in [0.5, 0.6) is 11.5 Å². The molecule has 8 nitrogen and oxygen atoms in total. The molecule has 37 heavy (non-hydrogen) atoms. The lowest BCUT2D eigenvalue weighted by atomic mass is 10.2. The molecule has 4 heterocycles. The van der Waals surface area contributed by atoms with Crippen LogP contribution in [-0.4, -0.2) is 58.7 Å². The highest BCUT2D eigenvalue weighted by molar-refractivity contribution is 7.21. The van der Waals surface area contributed by atoms with Gasteiger partial charge >= 0.3 is 6.03 Å². The Kier molecular flexibility index (Phi) is 6.05. The van der Waals surface area contributed by atoms with E-state index < -0.39 is 5.82 Å². The van der Waals surface area contributed by atoms with Gasteiger partial charge in [-0.25, -0.2) is 9.18 Å². The van der Waals surface area contributed by atoms with Crippen LogP contribution in [0.2, 0.25) is 5.02 Å². The minimum Gasteiger partial charge on any atom is -0.453 e. The number of pyridine rings is 1. The molecule has 1 unspecified atom stereocenters. The van der Waals surface area contributed by atoms with Gasteiger partial charge in [-0.15, -0.1) is 11.3 Å². The Labute approximate surface area is 220 Å². The molecule has 1 aliphatic heterocycles. The number of hydrogen-bond acceptors (Lipinski definition) is 6. The van der Waals surface area contributed by atoms with Crippen molar-refractivity contribution < 1.29 is 23.5 Å². The molecule has 1 N–H and O–H groups in total. The fraction of sp³-hybridized carbons (Fsp3) is 0.346. The van der Waals surface area contributed by atoms with Crippen molar-refractivity contribution in [3.8, 4) is 11.5 Å². The number of thiophene rings is 1. The minimum absolute atomic E-state index is 0.0367. The number of amides is 2. The molecule has 2 amide bonds. The molecule has 4 aromatic rings. The Morgan fingerprint density at radius 3 is 2.76 bits per heavy atom. The minimum atomic E-state index is -0.663. The molecule has 1 aliphatic carbocycles. The number of carbonyl (C=O) groups is 2. The van der Waals surface area contributed by atoms with Crippen LogP contribution in [0.15, 0.2) is 30.5 Å². The second-order valence-electron chi connectivity index (χ2n) is 9.36. The molecule has 0 spiro atoms. The molecule has 1 aromatic carbocycles. The molecule has 11 heteroatoms. The van der Waals surface area contributed by atoms with Crippen LogP contribution in [0, 0.1) is 12.7 Å². The number of hydrogen-bond donors (Lipinski definition) is 1. The summed E-state index contributed by atoms with van der Waals surface area (Å²) in [7, 11) is 1.65. The number of halogens is 2. The van der Waals surface area contributed by atoms with Gasteiger partial charge in [0, 0.05) is 44.2 Å². The summed E-state index contributed by atoms with van der Waals surface area (Å²) in [4.78, 5) is 32.5. The third-order valence-corrected chi connectivity index (χ3v) is 8.47. The Morgan fingerprint density at radius 1 is 1.22 bits per heavy atom. The van der Waals surface area contributed by atoms with Gasteiger partial charge in [-0.05, 0) is 44.4 Å². The highest BCUT2D eigenvalue weighted by Crippen LogP contribution is 2.40. The summed E-state index contributed by atoms with van der Waals surface area (Å²) in [5.74, 6) is -0.411. The van der Waals surface area contributed by atoms with Crippen LogP contribution >= 0.6 is 22.9 Å². The lowest BCUT2D eigenvalue weighted by Crippen LogP contribution is -2.30. The first kappa shape index (κ1) is 24.1. The second-order valence-corrected chi connectivity index (χ2v) is 10.8. The van der Waals surface area contributed by atoms with Gasteiger partial charge in [0.1, 0.15) is 5.75 Å². The number of rotatable bonds is 5. The van der Waals surface area contributed by atoms with Gasteiger partial charge in [0.05, 0.1) is 37.1 Å². The van der Waals surface area contributed by atoms with Crippen LogP contribution in [-0.2, 0) is 4.74 Å². The maximum Gasteiger partial charge on any atom is 0.326 e. The number of ether oxygens (including phenoxy) is 2. The van der Waals surface area contributed by atoms with E-state index in [0.717, 1.165) is 19.3 Å². The fourth-order valence-corrected chi connectivity index (χ4v) is 5.99. The number of likely N-dealkylation sites (tertiary alicyclic amines) is 1. The molecule has 6 rings (SSSR count). The SMILES string of the molecule is COC1CCN(C(=O)c2cc3nccc(Oc4ccc5c(c4F)c(Cl)c(C)n5C(=O)NC4CC4)c3s2)C1. The summed E-state index contributed by atoms with van der Waals surface area (Å²) in [5.41, 5.74) is 1.41. The molecule has 0 radical (unpaired) electrons. The summed E-state index contributed by atoms with van der Waals surface area (Å²) in [6, 6.07) is 6.30. The molecule has 3 aromatic heterocycles. The number of carbonyl (C=O) groups excluding carboxylic acids is 2. The van der Waals surface area contributed by atoms with Crippen molar-refractivity contribution in [2.45, 2.75) is 38.3 Å². The first-order valence-corrected chi connectivity index (χ1v) is 13.2. The number of nitrogens with zero attached hydrogens (tertiary/aromatic N) is 3. The van der Waals surface area contributed by atoms with Crippen LogP contribution in [0.1, 0.15) is 34.6 Å². The van der Waals surface area contributed by atoms with Crippen molar-refractivity contribution in [1.82, 2.24) is 19.8 Å². The van der Waals surface area contributed by atoms with Crippen molar-refractivity contribution in [1.29, 1.82) is 0 Å². The first-order chi connectivity index (χ1) is 17.9. The number of methoxy groups -OCH3 is 1. The average molecular weight is 543 g/mol. The monoisotopic (exact) mass is 542 g/mol. The van der Waals surface area contributed by atoms with Crippen LogP contribution in [0.4, 0.5) is 9.18 Å². The van der Waals surface area contributed by atoms with Gasteiger partial charge < -0.3 is 19.7 Å². The maximum atomic E-state index is 15.7. The van der Waals surface area contributed by atoms with E-state index >= 15 is 4.39 Å². The Balaban J connectivity index is 1.33. The number of fused-ring (bicyclic) bond motifs is 2. The van der Waals surface area contributed by atoms with E-state index in [1.165, 1.54) is 22.0 Å². The van der Waals surface area contributed by atoms with Gasteiger partial charge in [0.25, 0.3) is 5.91 Å². The lowest BCUT2D eigenvalue weighted by Gasteiger charge is -2.14. The van der Waals surface area contributed by atoms with Crippen molar-refractivity contribution in [2.24, 2.45) is 0 Å². The van der Waals surface area contributed by atoms with Crippen molar-refractivity contribution >= 4 is 56.0 Å². The molecule has 1 saturated heterocycles. The Bertz CT molecular complexity index is 1560. The van der Waals surface area contributed by atoms with Crippen molar-refractivity contribution in [2.75, 3.05) is 20.2 Å². The van der Waals surface area contributed by atoms with Crippen LogP contribution in [0.25, 0.3) is 21.1 Å². The molecule has 2 aliphatic rings. The van der Waals surface area contributed by atoms with E-state index in [2.05, 4.69) is 10.3 Å². The summed E-state index contributed by atoms with van der Waals surface area (Å²) in [5, 5.41) is 3.20.